The molecule has 4 aliphatic heterocycles. The molecular formula is C30H42N4O4S2. The van der Waals surface area contributed by atoms with Crippen molar-refractivity contribution in [3.63, 3.8) is 0 Å². The van der Waals surface area contributed by atoms with Crippen LogP contribution in [0.25, 0.3) is 11.1 Å². The van der Waals surface area contributed by atoms with Crippen LogP contribution in [0.3, 0.4) is 0 Å². The number of rotatable bonds is 9. The molecule has 0 aromatic heterocycles. The van der Waals surface area contributed by atoms with Gasteiger partial charge in [-0.15, -0.1) is 0 Å². The molecule has 0 aliphatic carbocycles. The van der Waals surface area contributed by atoms with Crippen LogP contribution in [0, 0.1) is 0 Å². The molecule has 0 saturated carbocycles. The fraction of sp³-hybridized carbons (Fsp3) is 0.600. The highest BCUT2D eigenvalue weighted by molar-refractivity contribution is 7.89. The highest BCUT2D eigenvalue weighted by Crippen LogP contribution is 2.31. The van der Waals surface area contributed by atoms with Crippen molar-refractivity contribution in [3.05, 3.63) is 48.5 Å². The van der Waals surface area contributed by atoms with Gasteiger partial charge in [-0.25, -0.2) is 16.8 Å². The average molecular weight is 587 g/mol. The van der Waals surface area contributed by atoms with Crippen molar-refractivity contribution in [3.8, 4) is 11.1 Å². The molecule has 218 valence electrons. The molecule has 0 N–H and O–H groups in total. The van der Waals surface area contributed by atoms with Crippen LogP contribution < -0.4 is 0 Å². The summed E-state index contributed by atoms with van der Waals surface area (Å²) in [7, 11) is -7.12. The summed E-state index contributed by atoms with van der Waals surface area (Å²) in [5.74, 6) is 0. The second-order valence-electron chi connectivity index (χ2n) is 11.9. The van der Waals surface area contributed by atoms with E-state index in [2.05, 4.69) is 9.80 Å². The lowest BCUT2D eigenvalue weighted by atomic mass is 10.1. The van der Waals surface area contributed by atoms with Crippen molar-refractivity contribution in [1.29, 1.82) is 0 Å². The van der Waals surface area contributed by atoms with Crippen LogP contribution in [-0.4, -0.2) is 99.7 Å². The molecule has 4 aliphatic rings. The van der Waals surface area contributed by atoms with Gasteiger partial charge in [0.1, 0.15) is 0 Å². The summed E-state index contributed by atoms with van der Waals surface area (Å²) < 4.78 is 57.5. The minimum atomic E-state index is -3.56. The summed E-state index contributed by atoms with van der Waals surface area (Å²) in [4.78, 5) is 5.43. The van der Waals surface area contributed by atoms with Crippen molar-refractivity contribution in [2.75, 3.05) is 52.4 Å². The minimum absolute atomic E-state index is 0.0443. The second-order valence-corrected chi connectivity index (χ2v) is 15.7. The first kappa shape index (κ1) is 28.3. The summed E-state index contributed by atoms with van der Waals surface area (Å²) in [5.41, 5.74) is 1.73. The van der Waals surface area contributed by atoms with Crippen LogP contribution in [0.15, 0.2) is 58.3 Å². The molecule has 4 fully saturated rings. The molecule has 0 bridgehead atoms. The van der Waals surface area contributed by atoms with Crippen molar-refractivity contribution < 1.29 is 16.8 Å². The maximum Gasteiger partial charge on any atom is 0.243 e. The maximum absolute atomic E-state index is 13.5. The third kappa shape index (κ3) is 5.76. The van der Waals surface area contributed by atoms with E-state index in [-0.39, 0.29) is 12.1 Å². The number of benzene rings is 2. The Bertz CT molecular complexity index is 1260. The van der Waals surface area contributed by atoms with Gasteiger partial charge in [0.15, 0.2) is 0 Å². The molecule has 2 atom stereocenters. The number of likely N-dealkylation sites (tertiary alicyclic amines) is 2. The van der Waals surface area contributed by atoms with Crippen LogP contribution >= 0.6 is 0 Å². The van der Waals surface area contributed by atoms with E-state index in [1.54, 1.807) is 32.9 Å². The van der Waals surface area contributed by atoms with Crippen molar-refractivity contribution >= 4 is 20.0 Å². The number of hydrogen-bond acceptors (Lipinski definition) is 6. The van der Waals surface area contributed by atoms with Gasteiger partial charge in [0.25, 0.3) is 0 Å². The van der Waals surface area contributed by atoms with E-state index >= 15 is 0 Å². The summed E-state index contributed by atoms with van der Waals surface area (Å²) in [5, 5.41) is 0. The normalized spacial score (nSPS) is 25.8. The molecule has 2 aromatic rings. The van der Waals surface area contributed by atoms with Crippen LogP contribution in [0.2, 0.25) is 0 Å². The molecule has 40 heavy (non-hydrogen) atoms. The Morgan fingerprint density at radius 2 is 0.850 bits per heavy atom. The Labute approximate surface area is 240 Å². The topological polar surface area (TPSA) is 81.2 Å². The third-order valence-corrected chi connectivity index (χ3v) is 13.2. The smallest absolute Gasteiger partial charge is 0.243 e. The van der Waals surface area contributed by atoms with Gasteiger partial charge in [0.2, 0.25) is 20.0 Å². The zero-order chi connectivity index (χ0) is 27.7. The monoisotopic (exact) mass is 586 g/mol. The van der Waals surface area contributed by atoms with Crippen molar-refractivity contribution in [2.24, 2.45) is 0 Å². The van der Waals surface area contributed by atoms with Crippen LogP contribution in [-0.2, 0) is 20.0 Å². The summed E-state index contributed by atoms with van der Waals surface area (Å²) in [6.45, 7) is 7.06. The Morgan fingerprint density at radius 3 is 1.20 bits per heavy atom. The molecule has 2 aromatic carbocycles. The van der Waals surface area contributed by atoms with E-state index in [0.717, 1.165) is 76.1 Å². The largest absolute Gasteiger partial charge is 0.302 e. The Balaban J connectivity index is 1.14. The molecule has 4 heterocycles. The molecule has 0 radical (unpaired) electrons. The lowest BCUT2D eigenvalue weighted by Crippen LogP contribution is -2.42. The van der Waals surface area contributed by atoms with E-state index in [4.69, 9.17) is 0 Å². The molecule has 8 nitrogen and oxygen atoms in total. The first-order valence-corrected chi connectivity index (χ1v) is 17.9. The zero-order valence-corrected chi connectivity index (χ0v) is 25.0. The van der Waals surface area contributed by atoms with E-state index in [1.165, 1.54) is 25.7 Å². The van der Waals surface area contributed by atoms with Gasteiger partial charge in [0, 0.05) is 38.3 Å². The maximum atomic E-state index is 13.5. The first-order valence-electron chi connectivity index (χ1n) is 15.0. The fourth-order valence-corrected chi connectivity index (χ4v) is 10.4. The van der Waals surface area contributed by atoms with Gasteiger partial charge in [-0.3, -0.25) is 0 Å². The summed E-state index contributed by atoms with van der Waals surface area (Å²) in [6.07, 6.45) is 8.44. The average Bonchev–Trinajstić information content (AvgIpc) is 3.78. The summed E-state index contributed by atoms with van der Waals surface area (Å²) >= 11 is 0. The standard InChI is InChI=1S/C30H42N4O4S2/c35-39(36,33-21-5-7-27(33)23-31-17-1-2-18-31)29-13-9-25(10-14-29)26-11-15-30(16-12-26)40(37,38)34-22-6-8-28(34)24-32-19-3-4-20-32/h9-16,27-28H,1-8,17-24H2/t27-,28-/m0/s1. The van der Waals surface area contributed by atoms with Crippen LogP contribution in [0.5, 0.6) is 0 Å². The molecule has 10 heteroatoms. The molecule has 4 saturated heterocycles. The lowest BCUT2D eigenvalue weighted by Gasteiger charge is -2.28. The number of sulfonamides is 2. The first-order chi connectivity index (χ1) is 19.3. The zero-order valence-electron chi connectivity index (χ0n) is 23.3. The molecule has 0 unspecified atom stereocenters. The highest BCUT2D eigenvalue weighted by Gasteiger charge is 2.37. The van der Waals surface area contributed by atoms with Gasteiger partial charge >= 0.3 is 0 Å². The summed E-state index contributed by atoms with van der Waals surface area (Å²) in [6, 6.07) is 14.2. The minimum Gasteiger partial charge on any atom is -0.302 e. The number of hydrogen-bond donors (Lipinski definition) is 0. The predicted octanol–water partition coefficient (Wildman–Crippen LogP) is 3.85. The fourth-order valence-electron chi connectivity index (χ4n) is 7.05. The third-order valence-electron chi connectivity index (χ3n) is 9.24. The van der Waals surface area contributed by atoms with Gasteiger partial charge in [-0.1, -0.05) is 24.3 Å². The second kappa shape index (κ2) is 11.8. The number of nitrogens with zero attached hydrogens (tertiary/aromatic N) is 4. The Hall–Kier alpha value is -1.82. The Kier molecular flexibility index (Phi) is 8.36. The van der Waals surface area contributed by atoms with Gasteiger partial charge in [-0.05, 0) is 113 Å². The quantitative estimate of drug-likeness (QED) is 0.444. The van der Waals surface area contributed by atoms with E-state index < -0.39 is 20.0 Å². The Morgan fingerprint density at radius 1 is 0.500 bits per heavy atom. The lowest BCUT2D eigenvalue weighted by molar-refractivity contribution is 0.257. The molecule has 0 amide bonds. The van der Waals surface area contributed by atoms with Crippen molar-refractivity contribution in [2.45, 2.75) is 73.2 Å². The van der Waals surface area contributed by atoms with Crippen LogP contribution in [0.1, 0.15) is 51.4 Å². The highest BCUT2D eigenvalue weighted by atomic mass is 32.2. The molecule has 6 rings (SSSR count). The van der Waals surface area contributed by atoms with Gasteiger partial charge in [-0.2, -0.15) is 8.61 Å². The molecule has 0 spiro atoms. The van der Waals surface area contributed by atoms with E-state index in [1.807, 2.05) is 24.3 Å². The van der Waals surface area contributed by atoms with E-state index in [0.29, 0.717) is 22.9 Å². The van der Waals surface area contributed by atoms with Crippen molar-refractivity contribution in [1.82, 2.24) is 18.4 Å². The predicted molar refractivity (Wildman–Crippen MR) is 157 cm³/mol. The van der Waals surface area contributed by atoms with E-state index in [9.17, 15) is 16.8 Å². The molecular weight excluding hydrogens is 544 g/mol. The van der Waals surface area contributed by atoms with Gasteiger partial charge in [0.05, 0.1) is 9.79 Å². The SMILES string of the molecule is O=S(=O)(c1ccc(-c2ccc(S(=O)(=O)N3CCC[C@H]3CN3CCCC3)cc2)cc1)N1CCC[C@H]1CN1CCCC1. The van der Waals surface area contributed by atoms with Gasteiger partial charge < -0.3 is 9.80 Å². The van der Waals surface area contributed by atoms with Crippen LogP contribution in [0.4, 0.5) is 0 Å².